The van der Waals surface area contributed by atoms with Gasteiger partial charge in [-0.15, -0.1) is 0 Å². The van der Waals surface area contributed by atoms with E-state index < -0.39 is 25.7 Å². The first-order valence-electron chi connectivity index (χ1n) is 5.97. The Morgan fingerprint density at radius 2 is 1.67 bits per heavy atom. The van der Waals surface area contributed by atoms with Gasteiger partial charge in [-0.3, -0.25) is 9.11 Å². The standard InChI is InChI=1S/C8H17NO3S.CHF3O3S/c1-8-4-2-5-9(8)6-3-7-13(10,11)12;2-1(3,4)8(5,6)7/h8H,2-7H2,1H3,(H,10,11,12);(H,5,6,7). The summed E-state index contributed by atoms with van der Waals surface area (Å²) >= 11 is 0. The van der Waals surface area contributed by atoms with Gasteiger partial charge in [0, 0.05) is 6.04 Å². The van der Waals surface area contributed by atoms with E-state index in [1.54, 1.807) is 0 Å². The Hall–Kier alpha value is -0.430. The van der Waals surface area contributed by atoms with Crippen molar-refractivity contribution < 1.29 is 39.1 Å². The van der Waals surface area contributed by atoms with Crippen molar-refractivity contribution >= 4 is 20.2 Å². The molecule has 1 aliphatic rings. The summed E-state index contributed by atoms with van der Waals surface area (Å²) in [7, 11) is -9.60. The van der Waals surface area contributed by atoms with Crippen LogP contribution in [0.15, 0.2) is 0 Å². The minimum absolute atomic E-state index is 0.115. The quantitative estimate of drug-likeness (QED) is 0.573. The average molecular weight is 357 g/mol. The minimum Gasteiger partial charge on any atom is -0.301 e. The van der Waals surface area contributed by atoms with E-state index in [9.17, 15) is 21.6 Å². The molecule has 0 bridgehead atoms. The molecule has 1 atom stereocenters. The lowest BCUT2D eigenvalue weighted by molar-refractivity contribution is -0.0510. The highest BCUT2D eigenvalue weighted by Crippen LogP contribution is 2.20. The van der Waals surface area contributed by atoms with Crippen LogP contribution in [0.4, 0.5) is 13.2 Å². The molecule has 0 saturated carbocycles. The van der Waals surface area contributed by atoms with Gasteiger partial charge in [0.2, 0.25) is 0 Å². The zero-order valence-electron chi connectivity index (χ0n) is 11.2. The molecule has 1 unspecified atom stereocenters. The molecule has 12 heteroatoms. The summed E-state index contributed by atoms with van der Waals surface area (Å²) in [5.41, 5.74) is -5.53. The Bertz CT molecular complexity index is 516. The Kier molecular flexibility index (Phi) is 7.56. The SMILES string of the molecule is CC1CCCN1CCCS(=O)(=O)O.O=S(=O)(O)C(F)(F)F. The van der Waals surface area contributed by atoms with Crippen LogP contribution in [-0.4, -0.2) is 61.2 Å². The van der Waals surface area contributed by atoms with Crippen LogP contribution in [0.2, 0.25) is 0 Å². The predicted octanol–water partition coefficient (Wildman–Crippen LogP) is 1.14. The van der Waals surface area contributed by atoms with E-state index in [0.717, 1.165) is 13.1 Å². The van der Waals surface area contributed by atoms with Gasteiger partial charge in [0.1, 0.15) is 0 Å². The van der Waals surface area contributed by atoms with Crippen LogP contribution < -0.4 is 0 Å². The van der Waals surface area contributed by atoms with Crippen LogP contribution in [0.3, 0.4) is 0 Å². The van der Waals surface area contributed by atoms with Crippen molar-refractivity contribution in [2.45, 2.75) is 37.7 Å². The zero-order valence-corrected chi connectivity index (χ0v) is 12.9. The van der Waals surface area contributed by atoms with Gasteiger partial charge in [-0.25, -0.2) is 0 Å². The maximum Gasteiger partial charge on any atom is 0.522 e. The van der Waals surface area contributed by atoms with E-state index in [2.05, 4.69) is 11.8 Å². The third-order valence-electron chi connectivity index (χ3n) is 2.83. The fraction of sp³-hybridized carbons (Fsp3) is 1.00. The fourth-order valence-corrected chi connectivity index (χ4v) is 2.27. The number of hydrogen-bond acceptors (Lipinski definition) is 5. The van der Waals surface area contributed by atoms with E-state index in [-0.39, 0.29) is 5.75 Å². The van der Waals surface area contributed by atoms with Gasteiger partial charge in [-0.2, -0.15) is 30.0 Å². The molecule has 1 aliphatic heterocycles. The summed E-state index contributed by atoms with van der Waals surface area (Å²) in [6, 6.07) is 0.571. The lowest BCUT2D eigenvalue weighted by atomic mass is 10.2. The maximum absolute atomic E-state index is 10.7. The molecular weight excluding hydrogens is 339 g/mol. The highest BCUT2D eigenvalue weighted by molar-refractivity contribution is 7.86. The third kappa shape index (κ3) is 9.24. The molecule has 0 aromatic heterocycles. The summed E-state index contributed by atoms with van der Waals surface area (Å²) in [5.74, 6) is -0.115. The molecular formula is C9H18F3NO6S2. The Balaban J connectivity index is 0.000000433. The minimum atomic E-state index is -5.84. The molecule has 0 aliphatic carbocycles. The molecule has 0 aromatic rings. The monoisotopic (exact) mass is 357 g/mol. The molecule has 0 radical (unpaired) electrons. The fourth-order valence-electron chi connectivity index (χ4n) is 1.77. The van der Waals surface area contributed by atoms with Gasteiger partial charge in [0.05, 0.1) is 5.75 Å². The van der Waals surface area contributed by atoms with Crippen LogP contribution in [0.25, 0.3) is 0 Å². The van der Waals surface area contributed by atoms with Crippen molar-refractivity contribution in [2.24, 2.45) is 0 Å². The molecule has 0 aromatic carbocycles. The number of rotatable bonds is 4. The van der Waals surface area contributed by atoms with Crippen molar-refractivity contribution in [2.75, 3.05) is 18.8 Å². The van der Waals surface area contributed by atoms with Crippen LogP contribution in [0, 0.1) is 0 Å². The summed E-state index contributed by atoms with van der Waals surface area (Å²) in [4.78, 5) is 2.27. The van der Waals surface area contributed by atoms with Crippen LogP contribution in [0.1, 0.15) is 26.2 Å². The highest BCUT2D eigenvalue weighted by atomic mass is 32.2. The van der Waals surface area contributed by atoms with Crippen molar-refractivity contribution in [3.05, 3.63) is 0 Å². The van der Waals surface area contributed by atoms with Gasteiger partial charge in [-0.05, 0) is 39.3 Å². The number of likely N-dealkylation sites (tertiary alicyclic amines) is 1. The smallest absolute Gasteiger partial charge is 0.301 e. The summed E-state index contributed by atoms with van der Waals surface area (Å²) in [5, 5.41) is 0. The van der Waals surface area contributed by atoms with E-state index in [1.165, 1.54) is 12.8 Å². The van der Waals surface area contributed by atoms with E-state index in [0.29, 0.717) is 12.5 Å². The first-order chi connectivity index (χ1) is 9.24. The zero-order chi connectivity index (χ0) is 16.9. The van der Waals surface area contributed by atoms with E-state index in [4.69, 9.17) is 17.5 Å². The van der Waals surface area contributed by atoms with Gasteiger partial charge < -0.3 is 4.90 Å². The van der Waals surface area contributed by atoms with Gasteiger partial charge >= 0.3 is 15.6 Å². The van der Waals surface area contributed by atoms with Crippen molar-refractivity contribution in [1.29, 1.82) is 0 Å². The first kappa shape index (κ1) is 20.6. The highest BCUT2D eigenvalue weighted by Gasteiger charge is 2.44. The summed E-state index contributed by atoms with van der Waals surface area (Å²) < 4.78 is 86.9. The second-order valence-electron chi connectivity index (χ2n) is 4.59. The molecule has 1 heterocycles. The topological polar surface area (TPSA) is 112 Å². The van der Waals surface area contributed by atoms with Crippen LogP contribution in [-0.2, 0) is 20.2 Å². The average Bonchev–Trinajstić information content (AvgIpc) is 2.60. The van der Waals surface area contributed by atoms with Crippen molar-refractivity contribution in [3.8, 4) is 0 Å². The number of hydrogen-bond donors (Lipinski definition) is 2. The van der Waals surface area contributed by atoms with E-state index in [1.807, 2.05) is 0 Å². The lowest BCUT2D eigenvalue weighted by Crippen LogP contribution is -2.29. The molecule has 1 rings (SSSR count). The summed E-state index contributed by atoms with van der Waals surface area (Å²) in [6.45, 7) is 3.99. The predicted molar refractivity (Wildman–Crippen MR) is 68.9 cm³/mol. The third-order valence-corrected chi connectivity index (χ3v) is 4.22. The second kappa shape index (κ2) is 7.72. The normalized spacial score (nSPS) is 21.0. The van der Waals surface area contributed by atoms with Gasteiger partial charge in [0.25, 0.3) is 10.1 Å². The van der Waals surface area contributed by atoms with Crippen molar-refractivity contribution in [3.63, 3.8) is 0 Å². The number of halogens is 3. The number of nitrogens with zero attached hydrogens (tertiary/aromatic N) is 1. The van der Waals surface area contributed by atoms with Gasteiger partial charge in [0.15, 0.2) is 0 Å². The lowest BCUT2D eigenvalue weighted by Gasteiger charge is -2.20. The maximum atomic E-state index is 10.7. The molecule has 7 nitrogen and oxygen atoms in total. The molecule has 21 heavy (non-hydrogen) atoms. The largest absolute Gasteiger partial charge is 0.522 e. The van der Waals surface area contributed by atoms with Crippen LogP contribution >= 0.6 is 0 Å². The molecule has 0 spiro atoms. The van der Waals surface area contributed by atoms with E-state index >= 15 is 0 Å². The Labute approximate surface area is 121 Å². The molecule has 1 saturated heterocycles. The first-order valence-corrected chi connectivity index (χ1v) is 9.02. The molecule has 1 fully saturated rings. The molecule has 2 N–H and O–H groups in total. The van der Waals surface area contributed by atoms with Crippen LogP contribution in [0.5, 0.6) is 0 Å². The number of alkyl halides is 3. The Morgan fingerprint density at radius 1 is 1.19 bits per heavy atom. The van der Waals surface area contributed by atoms with Gasteiger partial charge in [-0.1, -0.05) is 0 Å². The second-order valence-corrected chi connectivity index (χ2v) is 7.57. The van der Waals surface area contributed by atoms with Crippen molar-refractivity contribution in [1.82, 2.24) is 4.90 Å². The molecule has 128 valence electrons. The Morgan fingerprint density at radius 3 is 1.95 bits per heavy atom. The summed E-state index contributed by atoms with van der Waals surface area (Å²) in [6.07, 6.45) is 2.93. The molecule has 0 amide bonds.